The molecule has 0 spiro atoms. The summed E-state index contributed by atoms with van der Waals surface area (Å²) in [6.07, 6.45) is 49.5. The molecule has 0 heterocycles. The Morgan fingerprint density at radius 2 is 0.685 bits per heavy atom. The lowest BCUT2D eigenvalue weighted by molar-refractivity contribution is -0.167. The van der Waals surface area contributed by atoms with Crippen LogP contribution in [0, 0.1) is 0 Å². The van der Waals surface area contributed by atoms with Gasteiger partial charge in [-0.05, 0) is 83.5 Å². The molecule has 6 nitrogen and oxygen atoms in total. The molecule has 0 amide bonds. The highest BCUT2D eigenvalue weighted by Gasteiger charge is 2.19. The molecule has 312 valence electrons. The van der Waals surface area contributed by atoms with Crippen molar-refractivity contribution in [1.29, 1.82) is 0 Å². The molecule has 0 fully saturated rings. The van der Waals surface area contributed by atoms with Gasteiger partial charge >= 0.3 is 17.9 Å². The quantitative estimate of drug-likeness (QED) is 0.0204. The molecular formula is C48H84O6. The Morgan fingerprint density at radius 3 is 1.13 bits per heavy atom. The van der Waals surface area contributed by atoms with Gasteiger partial charge in [0.25, 0.3) is 0 Å². The van der Waals surface area contributed by atoms with Crippen LogP contribution < -0.4 is 0 Å². The van der Waals surface area contributed by atoms with Gasteiger partial charge in [0, 0.05) is 19.3 Å². The number of unbranched alkanes of at least 4 members (excludes halogenated alkanes) is 22. The SMILES string of the molecule is CCCC/C=C\C=C/CCCCCC(=O)OC(COC(=O)CCCCC/C=C\CCCCCCCCC)COC(=O)CCCCCCC/C=C\CCCC. The summed E-state index contributed by atoms with van der Waals surface area (Å²) in [5, 5.41) is 0. The first-order valence-corrected chi connectivity index (χ1v) is 22.7. The number of ether oxygens (including phenoxy) is 3. The van der Waals surface area contributed by atoms with Crippen molar-refractivity contribution >= 4 is 17.9 Å². The van der Waals surface area contributed by atoms with E-state index < -0.39 is 6.10 Å². The lowest BCUT2D eigenvalue weighted by Gasteiger charge is -2.18. The van der Waals surface area contributed by atoms with Gasteiger partial charge in [-0.15, -0.1) is 0 Å². The fourth-order valence-corrected chi connectivity index (χ4v) is 6.04. The fraction of sp³-hybridized carbons (Fsp3) is 0.771. The predicted molar refractivity (Wildman–Crippen MR) is 229 cm³/mol. The molecule has 0 aromatic carbocycles. The van der Waals surface area contributed by atoms with Crippen molar-refractivity contribution in [3.8, 4) is 0 Å². The Kier molecular flexibility index (Phi) is 41.0. The maximum atomic E-state index is 12.7. The zero-order valence-corrected chi connectivity index (χ0v) is 35.5. The van der Waals surface area contributed by atoms with E-state index in [1.807, 2.05) is 0 Å². The van der Waals surface area contributed by atoms with Gasteiger partial charge in [-0.3, -0.25) is 14.4 Å². The number of esters is 3. The minimum atomic E-state index is -0.792. The summed E-state index contributed by atoms with van der Waals surface area (Å²) >= 11 is 0. The maximum Gasteiger partial charge on any atom is 0.306 e. The average Bonchev–Trinajstić information content (AvgIpc) is 3.17. The van der Waals surface area contributed by atoms with Crippen molar-refractivity contribution in [2.24, 2.45) is 0 Å². The van der Waals surface area contributed by atoms with Gasteiger partial charge in [0.05, 0.1) is 0 Å². The Labute approximate surface area is 333 Å². The monoisotopic (exact) mass is 757 g/mol. The molecule has 1 atom stereocenters. The maximum absolute atomic E-state index is 12.7. The Balaban J connectivity index is 4.43. The van der Waals surface area contributed by atoms with Crippen LogP contribution in [0.1, 0.15) is 220 Å². The van der Waals surface area contributed by atoms with E-state index in [1.54, 1.807) is 0 Å². The molecule has 0 aliphatic carbocycles. The third kappa shape index (κ3) is 40.6. The summed E-state index contributed by atoms with van der Waals surface area (Å²) in [6.45, 7) is 6.48. The van der Waals surface area contributed by atoms with Crippen LogP contribution in [0.5, 0.6) is 0 Å². The summed E-state index contributed by atoms with van der Waals surface area (Å²) in [6, 6.07) is 0. The molecule has 0 radical (unpaired) electrons. The summed E-state index contributed by atoms with van der Waals surface area (Å²) in [5.41, 5.74) is 0. The molecule has 0 aromatic heterocycles. The van der Waals surface area contributed by atoms with Gasteiger partial charge in [-0.2, -0.15) is 0 Å². The van der Waals surface area contributed by atoms with Gasteiger partial charge in [0.1, 0.15) is 13.2 Å². The van der Waals surface area contributed by atoms with Crippen LogP contribution in [-0.4, -0.2) is 37.2 Å². The summed E-state index contributed by atoms with van der Waals surface area (Å²) in [7, 11) is 0. The van der Waals surface area contributed by atoms with Crippen molar-refractivity contribution < 1.29 is 28.6 Å². The van der Waals surface area contributed by atoms with E-state index in [1.165, 1.54) is 89.9 Å². The van der Waals surface area contributed by atoms with Crippen molar-refractivity contribution in [3.05, 3.63) is 48.6 Å². The molecule has 0 rings (SSSR count). The number of hydrogen-bond donors (Lipinski definition) is 0. The first kappa shape index (κ1) is 51.4. The van der Waals surface area contributed by atoms with Crippen LogP contribution in [-0.2, 0) is 28.6 Å². The fourth-order valence-electron chi connectivity index (χ4n) is 6.04. The zero-order chi connectivity index (χ0) is 39.4. The molecule has 6 heteroatoms. The normalized spacial score (nSPS) is 12.4. The molecule has 1 unspecified atom stereocenters. The van der Waals surface area contributed by atoms with Gasteiger partial charge < -0.3 is 14.2 Å². The Hall–Kier alpha value is -2.63. The Bertz CT molecular complexity index is 964. The number of carbonyl (C=O) groups excluding carboxylic acids is 3. The van der Waals surface area contributed by atoms with Crippen LogP contribution in [0.15, 0.2) is 48.6 Å². The topological polar surface area (TPSA) is 78.9 Å². The van der Waals surface area contributed by atoms with E-state index in [-0.39, 0.29) is 31.1 Å². The zero-order valence-electron chi connectivity index (χ0n) is 35.5. The molecule has 0 aliphatic heterocycles. The van der Waals surface area contributed by atoms with E-state index in [9.17, 15) is 14.4 Å². The Morgan fingerprint density at radius 1 is 0.370 bits per heavy atom. The summed E-state index contributed by atoms with van der Waals surface area (Å²) in [4.78, 5) is 37.7. The highest BCUT2D eigenvalue weighted by molar-refractivity contribution is 5.71. The number of hydrogen-bond acceptors (Lipinski definition) is 6. The van der Waals surface area contributed by atoms with Gasteiger partial charge in [-0.25, -0.2) is 0 Å². The largest absolute Gasteiger partial charge is 0.462 e. The summed E-state index contributed by atoms with van der Waals surface area (Å²) < 4.78 is 16.6. The second-order valence-electron chi connectivity index (χ2n) is 15.0. The van der Waals surface area contributed by atoms with Crippen LogP contribution in [0.4, 0.5) is 0 Å². The number of rotatable bonds is 40. The minimum absolute atomic E-state index is 0.0933. The van der Waals surface area contributed by atoms with Crippen LogP contribution >= 0.6 is 0 Å². The standard InChI is InChI=1S/C48H84O6/c1-4-7-10-13-16-19-22-23-24-27-29-32-35-38-41-47(50)53-44-45(54-48(51)42-39-36-33-30-26-21-18-15-12-9-6-3)43-52-46(49)40-37-34-31-28-25-20-17-14-11-8-5-2/h14-15,17-18,21,24,26-27,45H,4-13,16,19-20,22-23,25,28-44H2,1-3H3/b17-14-,18-15-,26-21-,27-24-. The van der Waals surface area contributed by atoms with Crippen molar-refractivity contribution in [3.63, 3.8) is 0 Å². The number of allylic oxidation sites excluding steroid dienone is 8. The van der Waals surface area contributed by atoms with Gasteiger partial charge in [-0.1, -0.05) is 166 Å². The second kappa shape index (κ2) is 43.1. The molecule has 0 aromatic rings. The van der Waals surface area contributed by atoms with Crippen LogP contribution in [0.3, 0.4) is 0 Å². The van der Waals surface area contributed by atoms with E-state index in [0.29, 0.717) is 19.3 Å². The van der Waals surface area contributed by atoms with Gasteiger partial charge in [0.2, 0.25) is 0 Å². The predicted octanol–water partition coefficient (Wildman–Crippen LogP) is 14.4. The van der Waals surface area contributed by atoms with Crippen LogP contribution in [0.2, 0.25) is 0 Å². The highest BCUT2D eigenvalue weighted by atomic mass is 16.6. The average molecular weight is 757 g/mol. The molecule has 0 saturated carbocycles. The minimum Gasteiger partial charge on any atom is -0.462 e. The lowest BCUT2D eigenvalue weighted by Crippen LogP contribution is -2.30. The highest BCUT2D eigenvalue weighted by Crippen LogP contribution is 2.13. The van der Waals surface area contributed by atoms with Crippen molar-refractivity contribution in [2.45, 2.75) is 226 Å². The van der Waals surface area contributed by atoms with Crippen molar-refractivity contribution in [1.82, 2.24) is 0 Å². The second-order valence-corrected chi connectivity index (χ2v) is 15.0. The van der Waals surface area contributed by atoms with E-state index >= 15 is 0 Å². The number of carbonyl (C=O) groups is 3. The molecule has 0 saturated heterocycles. The first-order valence-electron chi connectivity index (χ1n) is 22.7. The molecule has 54 heavy (non-hydrogen) atoms. The van der Waals surface area contributed by atoms with E-state index in [0.717, 1.165) is 89.9 Å². The third-order valence-electron chi connectivity index (χ3n) is 9.55. The molecular weight excluding hydrogens is 673 g/mol. The molecule has 0 bridgehead atoms. The third-order valence-corrected chi connectivity index (χ3v) is 9.55. The lowest BCUT2D eigenvalue weighted by atomic mass is 10.1. The van der Waals surface area contributed by atoms with Crippen LogP contribution in [0.25, 0.3) is 0 Å². The van der Waals surface area contributed by atoms with Gasteiger partial charge in [0.15, 0.2) is 6.10 Å². The van der Waals surface area contributed by atoms with Crippen molar-refractivity contribution in [2.75, 3.05) is 13.2 Å². The van der Waals surface area contributed by atoms with E-state index in [4.69, 9.17) is 14.2 Å². The van der Waals surface area contributed by atoms with E-state index in [2.05, 4.69) is 69.4 Å². The smallest absolute Gasteiger partial charge is 0.306 e. The molecule has 0 N–H and O–H groups in total. The molecule has 0 aliphatic rings. The summed E-state index contributed by atoms with van der Waals surface area (Å²) in [5.74, 6) is -0.950. The first-order chi connectivity index (χ1) is 26.5.